The zero-order chi connectivity index (χ0) is 16.4. The molecule has 0 aliphatic carbocycles. The Balaban J connectivity index is 1.63. The Hall–Kier alpha value is -2.66. The molecule has 118 valence electrons. The fourth-order valence-corrected chi connectivity index (χ4v) is 3.37. The summed E-state index contributed by atoms with van der Waals surface area (Å²) in [5.41, 5.74) is 4.35. The third kappa shape index (κ3) is 3.03. The predicted molar refractivity (Wildman–Crippen MR) is 97.0 cm³/mol. The van der Waals surface area contributed by atoms with Gasteiger partial charge in [0.2, 0.25) is 0 Å². The molecule has 4 rings (SSSR count). The van der Waals surface area contributed by atoms with E-state index >= 15 is 0 Å². The minimum Gasteiger partial charge on any atom is -0.192 e. The van der Waals surface area contributed by atoms with E-state index in [1.807, 2.05) is 47.0 Å². The van der Waals surface area contributed by atoms with E-state index in [1.165, 1.54) is 11.1 Å². The van der Waals surface area contributed by atoms with Crippen LogP contribution in [0.5, 0.6) is 0 Å². The number of aromatic nitrogens is 4. The highest BCUT2D eigenvalue weighted by molar-refractivity contribution is 7.98. The highest BCUT2D eigenvalue weighted by Gasteiger charge is 2.09. The van der Waals surface area contributed by atoms with Gasteiger partial charge in [0.1, 0.15) is 5.03 Å². The average Bonchev–Trinajstić information content (AvgIpc) is 3.04. The number of nitrogens with zero attached hydrogens (tertiary/aromatic N) is 4. The Morgan fingerprint density at radius 2 is 1.79 bits per heavy atom. The van der Waals surface area contributed by atoms with Crippen LogP contribution < -0.4 is 0 Å². The van der Waals surface area contributed by atoms with Crippen LogP contribution in [0.3, 0.4) is 0 Å². The summed E-state index contributed by atoms with van der Waals surface area (Å²) in [5.74, 6) is 1.66. The number of fused-ring (bicyclic) bond motifs is 1. The van der Waals surface area contributed by atoms with Crippen LogP contribution in [0.4, 0.5) is 0 Å². The lowest BCUT2D eigenvalue weighted by Gasteiger charge is -2.04. The minimum atomic E-state index is 0.758. The molecule has 0 unspecified atom stereocenters. The van der Waals surface area contributed by atoms with Gasteiger partial charge >= 0.3 is 0 Å². The first-order valence-corrected chi connectivity index (χ1v) is 8.74. The molecular formula is C19H16N4S. The summed E-state index contributed by atoms with van der Waals surface area (Å²) in [7, 11) is 0. The first-order valence-electron chi connectivity index (χ1n) is 7.76. The topological polar surface area (TPSA) is 43.1 Å². The van der Waals surface area contributed by atoms with E-state index in [4.69, 9.17) is 5.10 Å². The molecule has 0 atom stereocenters. The smallest absolute Gasteiger partial charge is 0.185 e. The van der Waals surface area contributed by atoms with Crippen molar-refractivity contribution < 1.29 is 0 Å². The second-order valence-electron chi connectivity index (χ2n) is 5.61. The van der Waals surface area contributed by atoms with Crippen molar-refractivity contribution in [1.82, 2.24) is 19.8 Å². The summed E-state index contributed by atoms with van der Waals surface area (Å²) in [4.78, 5) is 0. The van der Waals surface area contributed by atoms with Gasteiger partial charge in [-0.3, -0.25) is 0 Å². The molecule has 2 aromatic heterocycles. The normalized spacial score (nSPS) is 11.0. The molecule has 0 aliphatic rings. The standard InChI is InChI=1S/C19H16N4S/c1-14-6-5-7-15(12-14)13-24-18-11-10-17-20-21-19(23(17)22-18)16-8-3-2-4-9-16/h2-12H,13H2,1H3. The van der Waals surface area contributed by atoms with Gasteiger partial charge in [-0.05, 0) is 24.6 Å². The summed E-state index contributed by atoms with van der Waals surface area (Å²) in [6.07, 6.45) is 0. The summed E-state index contributed by atoms with van der Waals surface area (Å²) < 4.78 is 1.81. The molecular weight excluding hydrogens is 316 g/mol. The molecule has 4 nitrogen and oxygen atoms in total. The Morgan fingerprint density at radius 3 is 2.62 bits per heavy atom. The predicted octanol–water partition coefficient (Wildman–Crippen LogP) is 4.39. The monoisotopic (exact) mass is 332 g/mol. The van der Waals surface area contributed by atoms with Gasteiger partial charge in [0.25, 0.3) is 0 Å². The van der Waals surface area contributed by atoms with Crippen LogP contribution in [0.15, 0.2) is 71.8 Å². The Kier molecular flexibility index (Phi) is 4.01. The van der Waals surface area contributed by atoms with Gasteiger partial charge in [-0.15, -0.1) is 10.2 Å². The molecule has 24 heavy (non-hydrogen) atoms. The van der Waals surface area contributed by atoms with Crippen molar-refractivity contribution in [2.75, 3.05) is 0 Å². The molecule has 0 aliphatic heterocycles. The molecule has 4 aromatic rings. The van der Waals surface area contributed by atoms with Crippen molar-refractivity contribution in [3.05, 3.63) is 77.9 Å². The Labute approximate surface area is 144 Å². The van der Waals surface area contributed by atoms with Crippen LogP contribution >= 0.6 is 11.8 Å². The number of thioether (sulfide) groups is 1. The maximum absolute atomic E-state index is 4.70. The summed E-state index contributed by atoms with van der Waals surface area (Å²) >= 11 is 1.72. The fourth-order valence-electron chi connectivity index (χ4n) is 2.58. The van der Waals surface area contributed by atoms with Crippen LogP contribution in [-0.2, 0) is 5.75 Å². The van der Waals surface area contributed by atoms with Crippen LogP contribution in [0.2, 0.25) is 0 Å². The summed E-state index contributed by atoms with van der Waals surface area (Å²) in [6, 6.07) is 22.5. The van der Waals surface area contributed by atoms with Crippen molar-refractivity contribution in [3.8, 4) is 11.4 Å². The van der Waals surface area contributed by atoms with Gasteiger partial charge in [0.05, 0.1) is 0 Å². The molecule has 0 saturated heterocycles. The van der Waals surface area contributed by atoms with Crippen molar-refractivity contribution in [2.45, 2.75) is 17.7 Å². The SMILES string of the molecule is Cc1cccc(CSc2ccc3nnc(-c4ccccc4)n3n2)c1. The third-order valence-corrected chi connectivity index (χ3v) is 4.73. The molecule has 0 radical (unpaired) electrons. The van der Waals surface area contributed by atoms with Crippen LogP contribution in [0.1, 0.15) is 11.1 Å². The lowest BCUT2D eigenvalue weighted by atomic mass is 10.2. The zero-order valence-corrected chi connectivity index (χ0v) is 14.1. The van der Waals surface area contributed by atoms with Gasteiger partial charge in [-0.25, -0.2) is 0 Å². The molecule has 5 heteroatoms. The first-order chi connectivity index (χ1) is 11.8. The number of rotatable bonds is 4. The largest absolute Gasteiger partial charge is 0.192 e. The van der Waals surface area contributed by atoms with E-state index in [2.05, 4.69) is 41.4 Å². The number of hydrogen-bond acceptors (Lipinski definition) is 4. The lowest BCUT2D eigenvalue weighted by molar-refractivity contribution is 0.860. The summed E-state index contributed by atoms with van der Waals surface area (Å²) in [5, 5.41) is 14.1. The molecule has 0 amide bonds. The average molecular weight is 332 g/mol. The third-order valence-electron chi connectivity index (χ3n) is 3.74. The Bertz CT molecular complexity index is 979. The van der Waals surface area contributed by atoms with Crippen LogP contribution in [0.25, 0.3) is 17.0 Å². The minimum absolute atomic E-state index is 0.758. The van der Waals surface area contributed by atoms with Crippen LogP contribution in [0, 0.1) is 6.92 Å². The molecule has 2 aromatic carbocycles. The van der Waals surface area contributed by atoms with E-state index in [0.29, 0.717) is 0 Å². The lowest BCUT2D eigenvalue weighted by Crippen LogP contribution is -1.96. The number of benzene rings is 2. The van der Waals surface area contributed by atoms with Gasteiger partial charge in [0.15, 0.2) is 11.5 Å². The zero-order valence-electron chi connectivity index (χ0n) is 13.3. The van der Waals surface area contributed by atoms with Gasteiger partial charge in [-0.1, -0.05) is 71.9 Å². The maximum atomic E-state index is 4.70. The molecule has 0 bridgehead atoms. The second kappa shape index (κ2) is 6.45. The molecule has 0 saturated carbocycles. The first kappa shape index (κ1) is 14.9. The quantitative estimate of drug-likeness (QED) is 0.520. The van der Waals surface area contributed by atoms with Gasteiger partial charge in [-0.2, -0.15) is 9.61 Å². The van der Waals surface area contributed by atoms with Gasteiger partial charge in [0, 0.05) is 11.3 Å². The highest BCUT2D eigenvalue weighted by Crippen LogP contribution is 2.23. The summed E-state index contributed by atoms with van der Waals surface area (Å²) in [6.45, 7) is 2.11. The van der Waals surface area contributed by atoms with Crippen LogP contribution in [-0.4, -0.2) is 19.8 Å². The van der Waals surface area contributed by atoms with Crippen molar-refractivity contribution in [1.29, 1.82) is 0 Å². The number of hydrogen-bond donors (Lipinski definition) is 0. The van der Waals surface area contributed by atoms with E-state index in [0.717, 1.165) is 27.8 Å². The fraction of sp³-hybridized carbons (Fsp3) is 0.105. The maximum Gasteiger partial charge on any atom is 0.185 e. The van der Waals surface area contributed by atoms with E-state index in [9.17, 15) is 0 Å². The second-order valence-corrected chi connectivity index (χ2v) is 6.60. The molecule has 0 spiro atoms. The molecule has 2 heterocycles. The highest BCUT2D eigenvalue weighted by atomic mass is 32.2. The molecule has 0 N–H and O–H groups in total. The van der Waals surface area contributed by atoms with E-state index < -0.39 is 0 Å². The number of aryl methyl sites for hydroxylation is 1. The van der Waals surface area contributed by atoms with Crippen molar-refractivity contribution in [3.63, 3.8) is 0 Å². The van der Waals surface area contributed by atoms with E-state index in [-0.39, 0.29) is 0 Å². The van der Waals surface area contributed by atoms with Crippen molar-refractivity contribution >= 4 is 17.4 Å². The van der Waals surface area contributed by atoms with Gasteiger partial charge < -0.3 is 0 Å². The van der Waals surface area contributed by atoms with E-state index in [1.54, 1.807) is 11.8 Å². The molecule has 0 fully saturated rings. The van der Waals surface area contributed by atoms with Crippen molar-refractivity contribution in [2.24, 2.45) is 0 Å². The Morgan fingerprint density at radius 1 is 0.917 bits per heavy atom.